The number of nitrogens with one attached hydrogen (secondary N) is 3. The van der Waals surface area contributed by atoms with E-state index in [0.29, 0.717) is 12.2 Å². The number of carbonyl (C=O) groups excluding carboxylic acids is 2. The van der Waals surface area contributed by atoms with E-state index in [-0.39, 0.29) is 75.9 Å². The molecular weight excluding hydrogens is 1000 g/mol. The van der Waals surface area contributed by atoms with Crippen molar-refractivity contribution in [2.75, 3.05) is 31.3 Å². The number of ether oxygens (including phenoxy) is 3. The second kappa shape index (κ2) is 24.5. The molecule has 2 saturated heterocycles. The maximum Gasteiger partial charge on any atom is 0.335 e. The molecule has 2 aromatic heterocycles. The van der Waals surface area contributed by atoms with Gasteiger partial charge in [0.1, 0.15) is 41.1 Å². The highest BCUT2D eigenvalue weighted by molar-refractivity contribution is 8.76. The molecule has 2 fully saturated rings. The van der Waals surface area contributed by atoms with Gasteiger partial charge in [0.05, 0.1) is 10.9 Å². The number of carboxylic acid groups (broad SMARTS) is 1. The molecule has 2 aliphatic heterocycles. The zero-order valence-electron chi connectivity index (χ0n) is 40.9. The molecule has 396 valence electrons. The molecule has 75 heavy (non-hydrogen) atoms. The van der Waals surface area contributed by atoms with Crippen molar-refractivity contribution in [3.8, 4) is 28.4 Å². The number of amides is 1. The minimum absolute atomic E-state index is 0.0103. The Labute approximate surface area is 439 Å². The number of aromatic hydroxyl groups is 2. The lowest BCUT2D eigenvalue weighted by Gasteiger charge is -2.55. The third-order valence-electron chi connectivity index (χ3n) is 14.0. The molecular formula is C55H60N4O14S2. The number of benzene rings is 4. The number of aliphatic carboxylic acids is 1. The average Bonchev–Trinajstić information content (AvgIpc) is 3.96. The summed E-state index contributed by atoms with van der Waals surface area (Å²) < 4.78 is 23.8. The number of aromatic amines is 1. The number of phenolic OH excluding ortho intramolecular Hbond substituents is 2. The number of aromatic nitrogens is 1. The average molecular weight is 1070 g/mol. The molecule has 4 aromatic carbocycles. The Hall–Kier alpha value is -6.46. The van der Waals surface area contributed by atoms with Gasteiger partial charge in [-0.05, 0) is 127 Å². The number of carboxylic acids is 1. The lowest BCUT2D eigenvalue weighted by molar-refractivity contribution is -0.364. The Morgan fingerprint density at radius 1 is 0.973 bits per heavy atom. The summed E-state index contributed by atoms with van der Waals surface area (Å²) >= 11 is 0. The number of aldehydes is 1. The number of fused-ring (bicyclic) bond motifs is 2. The SMILES string of the molecule is C[C@H](C/C=C/c1ccccc1CCCNCCc1ccc(O)cc1)[C@@H]1CN[C@H](O)[C@]2(O)[C@H](Oc3ccc4c(=O)c(-c5ccc(O)cc5)c(C(N)=O)oc4c3)O[C@H](C(=O)O)[C@@H](O)[C@]2(C=O)OCSSC[C@H]1c1cc[nH]c1. The summed E-state index contributed by atoms with van der Waals surface area (Å²) in [5, 5.41) is 73.3. The van der Waals surface area contributed by atoms with Crippen LogP contribution in [0.5, 0.6) is 17.2 Å². The van der Waals surface area contributed by atoms with E-state index in [4.69, 9.17) is 24.4 Å². The van der Waals surface area contributed by atoms with Gasteiger partial charge < -0.3 is 65.3 Å². The Bertz CT molecular complexity index is 3010. The normalized spacial score (nSPS) is 24.9. The number of allylic oxidation sites excluding steroid dienone is 1. The molecule has 6 aromatic rings. The number of H-pyrrole nitrogens is 1. The number of phenols is 2. The number of nitrogens with two attached hydrogens (primary N) is 1. The van der Waals surface area contributed by atoms with Gasteiger partial charge in [0, 0.05) is 30.8 Å². The van der Waals surface area contributed by atoms with E-state index >= 15 is 0 Å². The van der Waals surface area contributed by atoms with E-state index in [9.17, 15) is 49.8 Å². The lowest BCUT2D eigenvalue weighted by atomic mass is 9.72. The van der Waals surface area contributed by atoms with Crippen molar-refractivity contribution in [2.24, 2.45) is 17.6 Å². The highest BCUT2D eigenvalue weighted by Gasteiger charge is 2.72. The van der Waals surface area contributed by atoms with Crippen molar-refractivity contribution in [2.45, 2.75) is 74.5 Å². The van der Waals surface area contributed by atoms with Crippen molar-refractivity contribution in [1.82, 2.24) is 15.6 Å². The monoisotopic (exact) mass is 1060 g/mol. The zero-order valence-corrected chi connectivity index (χ0v) is 42.5. The predicted octanol–water partition coefficient (Wildman–Crippen LogP) is 5.70. The van der Waals surface area contributed by atoms with Crippen molar-refractivity contribution < 1.29 is 63.7 Å². The molecule has 4 heterocycles. The van der Waals surface area contributed by atoms with Crippen LogP contribution in [0.4, 0.5) is 0 Å². The van der Waals surface area contributed by atoms with Crippen LogP contribution in [0.3, 0.4) is 0 Å². The topological polar surface area (TPSA) is 296 Å². The summed E-state index contributed by atoms with van der Waals surface area (Å²) in [5.41, 5.74) is 3.23. The predicted molar refractivity (Wildman–Crippen MR) is 284 cm³/mol. The summed E-state index contributed by atoms with van der Waals surface area (Å²) in [6.07, 6.45) is 2.10. The summed E-state index contributed by atoms with van der Waals surface area (Å²) in [6, 6.07) is 26.5. The van der Waals surface area contributed by atoms with E-state index in [1.165, 1.54) is 52.8 Å². The summed E-state index contributed by atoms with van der Waals surface area (Å²) in [6.45, 7) is 3.75. The minimum atomic E-state index is -3.11. The Morgan fingerprint density at radius 3 is 2.43 bits per heavy atom. The van der Waals surface area contributed by atoms with E-state index in [1.807, 2.05) is 42.7 Å². The van der Waals surface area contributed by atoms with E-state index < -0.39 is 59.0 Å². The highest BCUT2D eigenvalue weighted by Crippen LogP contribution is 2.46. The van der Waals surface area contributed by atoms with Crippen LogP contribution in [0.1, 0.15) is 58.5 Å². The van der Waals surface area contributed by atoms with Crippen molar-refractivity contribution in [3.63, 3.8) is 0 Å². The van der Waals surface area contributed by atoms with Crippen LogP contribution in [0.25, 0.3) is 28.2 Å². The van der Waals surface area contributed by atoms with Crippen LogP contribution in [0.15, 0.2) is 125 Å². The van der Waals surface area contributed by atoms with Crippen LogP contribution >= 0.6 is 21.6 Å². The van der Waals surface area contributed by atoms with Gasteiger partial charge in [-0.3, -0.25) is 19.7 Å². The summed E-state index contributed by atoms with van der Waals surface area (Å²) in [7, 11) is 2.57. The van der Waals surface area contributed by atoms with E-state index in [1.54, 1.807) is 12.1 Å². The van der Waals surface area contributed by atoms with Gasteiger partial charge in [-0.2, -0.15) is 0 Å². The van der Waals surface area contributed by atoms with Gasteiger partial charge in [0.15, 0.2) is 18.0 Å². The molecule has 0 bridgehead atoms. The molecule has 0 unspecified atom stereocenters. The summed E-state index contributed by atoms with van der Waals surface area (Å²) in [4.78, 5) is 56.0. The van der Waals surface area contributed by atoms with Gasteiger partial charge in [-0.1, -0.05) is 89.2 Å². The van der Waals surface area contributed by atoms with Gasteiger partial charge in [0.2, 0.25) is 23.1 Å². The Balaban J connectivity index is 1.05. The molecule has 8 rings (SSSR count). The minimum Gasteiger partial charge on any atom is -0.508 e. The third kappa shape index (κ3) is 12.0. The summed E-state index contributed by atoms with van der Waals surface area (Å²) in [5.74, 6) is -3.80. The Kier molecular flexibility index (Phi) is 17.9. The van der Waals surface area contributed by atoms with Crippen molar-refractivity contribution in [1.29, 1.82) is 0 Å². The van der Waals surface area contributed by atoms with Crippen LogP contribution in [-0.4, -0.2) is 121 Å². The second-order valence-electron chi connectivity index (χ2n) is 18.7. The maximum atomic E-state index is 13.9. The van der Waals surface area contributed by atoms with E-state index in [0.717, 1.165) is 65.9 Å². The first-order chi connectivity index (χ1) is 36.1. The fourth-order valence-electron chi connectivity index (χ4n) is 9.83. The first-order valence-electron chi connectivity index (χ1n) is 24.4. The second-order valence-corrected chi connectivity index (χ2v) is 21.2. The zero-order chi connectivity index (χ0) is 53.3. The number of carbonyl (C=O) groups is 3. The van der Waals surface area contributed by atoms with Crippen molar-refractivity contribution >= 4 is 56.8 Å². The highest BCUT2D eigenvalue weighted by atomic mass is 33.1. The number of aliphatic hydroxyl groups excluding tert-OH is 2. The standard InChI is InChI=1S/C55H60N4O14S2/c1-32(6-4-9-34-7-2-3-8-35(34)10-5-23-57-24-21-33-11-15-38(61)16-12-33)42-28-59-52(68)55(69)53(73-48(51(66)67)49(64)54(55,30-60)70-31-75-74-29-43(42)37-22-25-58-27-37)71-40-19-20-41-44(26-40)72-47(50(56)65)45(46(41)63)36-13-17-39(62)18-14-36/h2-4,7-9,11-20,22,25-27,30,32,42-43,48-49,52-53,57-59,61-62,64,68-69H,5-6,10,21,23-24,28-29,31H2,1H3,(H2,56,65)(H,66,67)/b9-4+/t32-,42+,43+,48+,49-,52-,53-,54+,55+/m1/s1. The smallest absolute Gasteiger partial charge is 0.335 e. The molecule has 18 nitrogen and oxygen atoms in total. The first-order valence-corrected chi connectivity index (χ1v) is 26.9. The van der Waals surface area contributed by atoms with Crippen LogP contribution in [0, 0.1) is 11.8 Å². The number of aryl methyl sites for hydroxylation is 1. The number of rotatable bonds is 18. The van der Waals surface area contributed by atoms with Gasteiger partial charge in [-0.15, -0.1) is 0 Å². The third-order valence-corrected chi connectivity index (χ3v) is 16.1. The maximum absolute atomic E-state index is 13.9. The van der Waals surface area contributed by atoms with Crippen LogP contribution < -0.4 is 26.5 Å². The first kappa shape index (κ1) is 54.8. The lowest BCUT2D eigenvalue weighted by Crippen LogP contribution is -2.82. The fraction of sp³-hybridized carbons (Fsp3) is 0.345. The van der Waals surface area contributed by atoms with Crippen LogP contribution in [-0.2, 0) is 31.9 Å². The van der Waals surface area contributed by atoms with E-state index in [2.05, 4.69) is 46.8 Å². The number of primary amides is 1. The molecule has 2 aliphatic rings. The largest absolute Gasteiger partial charge is 0.508 e. The molecule has 0 saturated carbocycles. The molecule has 0 radical (unpaired) electrons. The van der Waals surface area contributed by atoms with Crippen molar-refractivity contribution in [3.05, 3.63) is 154 Å². The molecule has 9 atom stereocenters. The molecule has 0 spiro atoms. The number of aliphatic hydroxyl groups is 3. The number of hydrogen-bond donors (Lipinski definition) is 10. The van der Waals surface area contributed by atoms with Gasteiger partial charge in [-0.25, -0.2) is 4.79 Å². The molecule has 1 amide bonds. The molecule has 0 aliphatic carbocycles. The quantitative estimate of drug-likeness (QED) is 0.0281. The van der Waals surface area contributed by atoms with Gasteiger partial charge in [0.25, 0.3) is 5.91 Å². The fourth-order valence-corrected chi connectivity index (χ4v) is 11.9. The molecule has 20 heteroatoms. The Morgan fingerprint density at radius 2 is 1.72 bits per heavy atom. The van der Waals surface area contributed by atoms with Gasteiger partial charge >= 0.3 is 5.97 Å². The number of hydrogen-bond acceptors (Lipinski definition) is 17. The molecule has 11 N–H and O–H groups in total. The van der Waals surface area contributed by atoms with Crippen LogP contribution in [0.2, 0.25) is 0 Å².